The van der Waals surface area contributed by atoms with Gasteiger partial charge in [-0.2, -0.15) is 4.80 Å². The van der Waals surface area contributed by atoms with E-state index >= 15 is 0 Å². The molecule has 1 heterocycles. The molecule has 138 valence electrons. The van der Waals surface area contributed by atoms with Crippen LogP contribution in [0.25, 0.3) is 0 Å². The average Bonchev–Trinajstić information content (AvgIpc) is 2.98. The summed E-state index contributed by atoms with van der Waals surface area (Å²) in [5.41, 5.74) is -0.362. The van der Waals surface area contributed by atoms with Crippen LogP contribution in [0.15, 0.2) is 6.33 Å². The standard InChI is InChI=1S/C15H24N6O3S/c1-25(23,24)18-3-2-13(22)19-14-5-11-4-12(6-14)8-15(7-11,9-14)21-17-10-16-20-21/h10-12,18H,2-9H2,1H3,(H,19,22). The van der Waals surface area contributed by atoms with Gasteiger partial charge < -0.3 is 5.32 Å². The number of amides is 1. The quantitative estimate of drug-likeness (QED) is 0.716. The molecule has 10 heteroatoms. The molecule has 1 aromatic heterocycles. The van der Waals surface area contributed by atoms with Gasteiger partial charge in [-0.25, -0.2) is 13.1 Å². The third kappa shape index (κ3) is 3.29. The predicted molar refractivity (Wildman–Crippen MR) is 88.8 cm³/mol. The van der Waals surface area contributed by atoms with E-state index in [1.165, 1.54) is 12.7 Å². The third-order valence-corrected chi connectivity index (χ3v) is 6.65. The first-order valence-electron chi connectivity index (χ1n) is 8.77. The van der Waals surface area contributed by atoms with Crippen molar-refractivity contribution in [2.75, 3.05) is 12.8 Å². The lowest BCUT2D eigenvalue weighted by Gasteiger charge is -2.61. The molecule has 4 fully saturated rings. The van der Waals surface area contributed by atoms with Crippen LogP contribution in [-0.2, 0) is 20.4 Å². The molecule has 4 aliphatic rings. The maximum Gasteiger partial charge on any atom is 0.221 e. The number of aromatic nitrogens is 4. The van der Waals surface area contributed by atoms with E-state index in [0.717, 1.165) is 38.4 Å². The molecule has 1 amide bonds. The molecule has 0 aromatic carbocycles. The zero-order chi connectivity index (χ0) is 17.7. The van der Waals surface area contributed by atoms with Crippen molar-refractivity contribution in [2.45, 2.75) is 56.0 Å². The molecule has 4 saturated carbocycles. The van der Waals surface area contributed by atoms with E-state index in [0.29, 0.717) is 11.8 Å². The number of tetrazole rings is 1. The topological polar surface area (TPSA) is 119 Å². The number of carbonyl (C=O) groups is 1. The van der Waals surface area contributed by atoms with Gasteiger partial charge in [0.15, 0.2) is 6.33 Å². The Kier molecular flexibility index (Phi) is 3.87. The molecule has 2 atom stereocenters. The van der Waals surface area contributed by atoms with Crippen molar-refractivity contribution in [3.8, 4) is 0 Å². The lowest BCUT2D eigenvalue weighted by atomic mass is 9.50. The Morgan fingerprint density at radius 2 is 2.00 bits per heavy atom. The normalized spacial score (nSPS) is 36.5. The van der Waals surface area contributed by atoms with Crippen LogP contribution in [0.5, 0.6) is 0 Å². The summed E-state index contributed by atoms with van der Waals surface area (Å²) in [6.07, 6.45) is 8.84. The van der Waals surface area contributed by atoms with E-state index in [-0.39, 0.29) is 30.0 Å². The molecule has 2 N–H and O–H groups in total. The van der Waals surface area contributed by atoms with Crippen molar-refractivity contribution in [1.82, 2.24) is 30.2 Å². The molecule has 4 bridgehead atoms. The Balaban J connectivity index is 1.47. The Morgan fingerprint density at radius 1 is 1.28 bits per heavy atom. The number of sulfonamides is 1. The van der Waals surface area contributed by atoms with Gasteiger partial charge in [0.25, 0.3) is 0 Å². The molecule has 0 radical (unpaired) electrons. The Hall–Kier alpha value is -1.55. The smallest absolute Gasteiger partial charge is 0.221 e. The van der Waals surface area contributed by atoms with Crippen molar-refractivity contribution in [3.63, 3.8) is 0 Å². The predicted octanol–water partition coefficient (Wildman–Crippen LogP) is -0.223. The summed E-state index contributed by atoms with van der Waals surface area (Å²) in [5, 5.41) is 15.6. The van der Waals surface area contributed by atoms with E-state index < -0.39 is 10.0 Å². The fraction of sp³-hybridized carbons (Fsp3) is 0.867. The average molecular weight is 368 g/mol. The molecule has 0 spiro atoms. The van der Waals surface area contributed by atoms with Gasteiger partial charge in [0.2, 0.25) is 15.9 Å². The maximum absolute atomic E-state index is 12.4. The second-order valence-corrected chi connectivity index (χ2v) is 9.99. The summed E-state index contributed by atoms with van der Waals surface area (Å²) in [4.78, 5) is 14.2. The number of rotatable bonds is 6. The Morgan fingerprint density at radius 3 is 2.60 bits per heavy atom. The van der Waals surface area contributed by atoms with E-state index in [2.05, 4.69) is 25.4 Å². The SMILES string of the molecule is CS(=O)(=O)NCCC(=O)NC12CC3CC(C1)CC(n1ncnn1)(C3)C2. The van der Waals surface area contributed by atoms with Crippen LogP contribution < -0.4 is 10.0 Å². The minimum atomic E-state index is -3.27. The van der Waals surface area contributed by atoms with Gasteiger partial charge in [0.1, 0.15) is 0 Å². The lowest BCUT2D eigenvalue weighted by molar-refractivity contribution is -0.131. The van der Waals surface area contributed by atoms with Gasteiger partial charge in [0.05, 0.1) is 11.8 Å². The number of nitrogens with zero attached hydrogens (tertiary/aromatic N) is 4. The van der Waals surface area contributed by atoms with Gasteiger partial charge >= 0.3 is 0 Å². The van der Waals surface area contributed by atoms with Crippen molar-refractivity contribution >= 4 is 15.9 Å². The Labute approximate surface area is 147 Å². The van der Waals surface area contributed by atoms with Gasteiger partial charge in [-0.05, 0) is 55.6 Å². The molecule has 1 aromatic rings. The van der Waals surface area contributed by atoms with Crippen LogP contribution in [-0.4, -0.2) is 52.9 Å². The molecule has 5 rings (SSSR count). The van der Waals surface area contributed by atoms with Crippen molar-refractivity contribution in [1.29, 1.82) is 0 Å². The second-order valence-electron chi connectivity index (χ2n) is 8.16. The van der Waals surface area contributed by atoms with E-state index in [4.69, 9.17) is 0 Å². The second kappa shape index (κ2) is 5.73. The summed E-state index contributed by atoms with van der Waals surface area (Å²) in [6.45, 7) is 0.128. The highest BCUT2D eigenvalue weighted by molar-refractivity contribution is 7.88. The number of carbonyl (C=O) groups excluding carboxylic acids is 1. The van der Waals surface area contributed by atoms with Gasteiger partial charge in [0, 0.05) is 18.5 Å². The molecular formula is C15H24N6O3S. The third-order valence-electron chi connectivity index (χ3n) is 5.92. The van der Waals surface area contributed by atoms with Gasteiger partial charge in [-0.1, -0.05) is 0 Å². The van der Waals surface area contributed by atoms with Crippen LogP contribution in [0.1, 0.15) is 44.9 Å². The first-order chi connectivity index (χ1) is 11.8. The van der Waals surface area contributed by atoms with Crippen LogP contribution >= 0.6 is 0 Å². The van der Waals surface area contributed by atoms with Crippen molar-refractivity contribution < 1.29 is 13.2 Å². The first-order valence-corrected chi connectivity index (χ1v) is 10.7. The van der Waals surface area contributed by atoms with Crippen LogP contribution in [0, 0.1) is 11.8 Å². The largest absolute Gasteiger partial charge is 0.351 e. The van der Waals surface area contributed by atoms with Crippen LogP contribution in [0.2, 0.25) is 0 Å². The van der Waals surface area contributed by atoms with E-state index in [1.807, 2.05) is 0 Å². The van der Waals surface area contributed by atoms with Crippen molar-refractivity contribution in [3.05, 3.63) is 6.33 Å². The minimum Gasteiger partial charge on any atom is -0.351 e. The zero-order valence-electron chi connectivity index (χ0n) is 14.3. The highest BCUT2D eigenvalue weighted by Gasteiger charge is 2.60. The maximum atomic E-state index is 12.4. The zero-order valence-corrected chi connectivity index (χ0v) is 15.1. The monoisotopic (exact) mass is 368 g/mol. The summed E-state index contributed by atoms with van der Waals surface area (Å²) in [6, 6.07) is 0. The summed E-state index contributed by atoms with van der Waals surface area (Å²) in [5.74, 6) is 1.04. The highest BCUT2D eigenvalue weighted by atomic mass is 32.2. The fourth-order valence-electron chi connectivity index (χ4n) is 5.69. The number of hydrogen-bond donors (Lipinski definition) is 2. The molecule has 0 aliphatic heterocycles. The Bertz CT molecular complexity index is 748. The summed E-state index contributed by atoms with van der Waals surface area (Å²) in [7, 11) is -3.27. The van der Waals surface area contributed by atoms with E-state index in [9.17, 15) is 13.2 Å². The molecule has 9 nitrogen and oxygen atoms in total. The summed E-state index contributed by atoms with van der Waals surface area (Å²) >= 11 is 0. The van der Waals surface area contributed by atoms with Gasteiger partial charge in [-0.15, -0.1) is 10.2 Å². The van der Waals surface area contributed by atoms with Crippen LogP contribution in [0.3, 0.4) is 0 Å². The molecule has 25 heavy (non-hydrogen) atoms. The number of nitrogens with one attached hydrogen (secondary N) is 2. The lowest BCUT2D eigenvalue weighted by Crippen LogP contribution is -2.66. The molecule has 0 saturated heterocycles. The first kappa shape index (κ1) is 16.9. The van der Waals surface area contributed by atoms with Gasteiger partial charge in [-0.3, -0.25) is 4.79 Å². The molecule has 4 aliphatic carbocycles. The number of hydrogen-bond acceptors (Lipinski definition) is 6. The minimum absolute atomic E-state index is 0.0974. The molecular weight excluding hydrogens is 344 g/mol. The van der Waals surface area contributed by atoms with Crippen molar-refractivity contribution in [2.24, 2.45) is 11.8 Å². The van der Waals surface area contributed by atoms with Crippen LogP contribution in [0.4, 0.5) is 0 Å². The molecule has 2 unspecified atom stereocenters. The highest BCUT2D eigenvalue weighted by Crippen LogP contribution is 2.60. The fourth-order valence-corrected chi connectivity index (χ4v) is 6.16. The van der Waals surface area contributed by atoms with E-state index in [1.54, 1.807) is 4.80 Å². The summed E-state index contributed by atoms with van der Waals surface area (Å²) < 4.78 is 24.6.